The van der Waals surface area contributed by atoms with Crippen LogP contribution in [0.3, 0.4) is 0 Å². The van der Waals surface area contributed by atoms with Gasteiger partial charge in [0.05, 0.1) is 22.1 Å². The molecule has 0 aliphatic heterocycles. The number of aryl methyl sites for hydroxylation is 1. The van der Waals surface area contributed by atoms with Gasteiger partial charge in [-0.2, -0.15) is 0 Å². The number of rotatable bonds is 6. The zero-order valence-corrected chi connectivity index (χ0v) is 33.8. The van der Waals surface area contributed by atoms with Crippen LogP contribution < -0.4 is 0 Å². The van der Waals surface area contributed by atoms with E-state index in [1.807, 2.05) is 19.1 Å². The number of fused-ring (bicyclic) bond motifs is 6. The predicted molar refractivity (Wildman–Crippen MR) is 256 cm³/mol. The molecule has 2 nitrogen and oxygen atoms in total. The van der Waals surface area contributed by atoms with Crippen molar-refractivity contribution >= 4 is 43.6 Å². The van der Waals surface area contributed by atoms with Crippen molar-refractivity contribution in [2.75, 3.05) is 0 Å². The smallest absolute Gasteiger partial charge is 0.0619 e. The van der Waals surface area contributed by atoms with Crippen LogP contribution in [-0.2, 0) is 0 Å². The molecule has 0 amide bonds. The van der Waals surface area contributed by atoms with E-state index in [4.69, 9.17) is 0 Å². The van der Waals surface area contributed by atoms with Gasteiger partial charge in [0.15, 0.2) is 0 Å². The van der Waals surface area contributed by atoms with Crippen LogP contribution in [0.4, 0.5) is 0 Å². The first kappa shape index (κ1) is 38.3. The van der Waals surface area contributed by atoms with Crippen LogP contribution in [0.5, 0.6) is 0 Å². The van der Waals surface area contributed by atoms with Gasteiger partial charge < -0.3 is 9.13 Å². The first-order valence-electron chi connectivity index (χ1n) is 20.0. The lowest BCUT2D eigenvalue weighted by Crippen LogP contribution is -1.96. The Morgan fingerprint density at radius 3 is 1.63 bits per heavy atom. The highest BCUT2D eigenvalue weighted by molar-refractivity contribution is 6.15. The van der Waals surface area contributed by atoms with Gasteiger partial charge in [0.25, 0.3) is 0 Å². The van der Waals surface area contributed by atoms with Crippen LogP contribution in [-0.4, -0.2) is 9.13 Å². The van der Waals surface area contributed by atoms with Crippen LogP contribution >= 0.6 is 0 Å². The lowest BCUT2D eigenvalue weighted by molar-refractivity contribution is 1.17. The Hall–Kier alpha value is -7.60. The Bertz CT molecular complexity index is 3130. The summed E-state index contributed by atoms with van der Waals surface area (Å²) in [4.78, 5) is 0. The van der Waals surface area contributed by atoms with Crippen LogP contribution in [0.25, 0.3) is 88.4 Å². The molecule has 2 heterocycles. The van der Waals surface area contributed by atoms with Gasteiger partial charge in [-0.05, 0) is 103 Å². The molecule has 0 aliphatic carbocycles. The second-order valence-corrected chi connectivity index (χ2v) is 14.5. The highest BCUT2D eigenvalue weighted by Crippen LogP contribution is 2.41. The van der Waals surface area contributed by atoms with Crippen LogP contribution in [0, 0.1) is 19.3 Å². The molecule has 0 spiro atoms. The average Bonchev–Trinajstić information content (AvgIpc) is 3.80. The third-order valence-electron chi connectivity index (χ3n) is 10.7. The van der Waals surface area contributed by atoms with Crippen molar-refractivity contribution < 1.29 is 0 Å². The van der Waals surface area contributed by atoms with Crippen LogP contribution in [0.15, 0.2) is 213 Å². The molecule has 0 bridgehead atoms. The summed E-state index contributed by atoms with van der Waals surface area (Å²) in [6.45, 7) is 9.27. The fourth-order valence-electron chi connectivity index (χ4n) is 8.20. The Labute approximate surface area is 347 Å². The van der Waals surface area contributed by atoms with Gasteiger partial charge in [-0.25, -0.2) is 0 Å². The fraction of sp³-hybridized carbons (Fsp3) is 0.0526. The number of hydrogen-bond acceptors (Lipinski definition) is 0. The third kappa shape index (κ3) is 7.51. The summed E-state index contributed by atoms with van der Waals surface area (Å²) in [6, 6.07) is 68.5. The zero-order chi connectivity index (χ0) is 40.7. The van der Waals surface area contributed by atoms with E-state index in [0.29, 0.717) is 0 Å². The maximum atomic E-state index is 4.60. The Morgan fingerprint density at radius 1 is 0.475 bits per heavy atom. The second kappa shape index (κ2) is 17.3. The lowest BCUT2D eigenvalue weighted by atomic mass is 9.99. The van der Waals surface area contributed by atoms with Gasteiger partial charge in [-0.3, -0.25) is 0 Å². The number of para-hydroxylation sites is 3. The van der Waals surface area contributed by atoms with Gasteiger partial charge >= 0.3 is 0 Å². The fourth-order valence-corrected chi connectivity index (χ4v) is 8.20. The van der Waals surface area contributed by atoms with E-state index in [1.165, 1.54) is 88.2 Å². The summed E-state index contributed by atoms with van der Waals surface area (Å²) in [5.41, 5.74) is 15.7. The van der Waals surface area contributed by atoms with Crippen molar-refractivity contribution in [3.63, 3.8) is 0 Å². The standard InChI is InChI=1S/C49H34N2.C5H8.C3H4/c1-33-29-38(35-15-6-3-7-16-35)31-40(30-33)50-46-21-10-9-18-43(46)45-32-37(25-28-48(45)50)41-19-12-20-44-42-17-8-11-22-47(42)51(49(41)44)39-26-23-36(24-27-39)34-13-4-2-5-14-34;1-3-5-4-2;1-3-2/h2-32H,1H3;3-5H,1H2,2H3;1H,2H3/b;5-4-;. The first-order chi connectivity index (χ1) is 29.0. The summed E-state index contributed by atoms with van der Waals surface area (Å²) in [5, 5.41) is 5.01. The molecule has 0 N–H and O–H groups in total. The number of benzene rings is 8. The first-order valence-corrected chi connectivity index (χ1v) is 20.0. The molecule has 10 rings (SSSR count). The predicted octanol–water partition coefficient (Wildman–Crippen LogP) is 15.6. The van der Waals surface area contributed by atoms with Crippen molar-refractivity contribution in [3.8, 4) is 57.1 Å². The van der Waals surface area contributed by atoms with E-state index in [1.54, 1.807) is 13.0 Å². The van der Waals surface area contributed by atoms with Crippen molar-refractivity contribution in [3.05, 3.63) is 218 Å². The molecule has 2 heteroatoms. The quantitative estimate of drug-likeness (QED) is 0.118. The molecule has 0 saturated heterocycles. The van der Waals surface area contributed by atoms with E-state index in [2.05, 4.69) is 223 Å². The number of nitrogens with zero attached hydrogens (tertiary/aromatic N) is 2. The molecule has 2 aromatic heterocycles. The largest absolute Gasteiger partial charge is 0.309 e. The van der Waals surface area contributed by atoms with Crippen molar-refractivity contribution in [1.29, 1.82) is 0 Å². The molecule has 0 radical (unpaired) electrons. The second-order valence-electron chi connectivity index (χ2n) is 14.5. The third-order valence-corrected chi connectivity index (χ3v) is 10.7. The number of terminal acetylenes is 1. The minimum atomic E-state index is 1.15. The maximum absolute atomic E-state index is 4.60. The van der Waals surface area contributed by atoms with E-state index in [-0.39, 0.29) is 0 Å². The van der Waals surface area contributed by atoms with E-state index in [0.717, 1.165) is 5.69 Å². The molecule has 10 aromatic rings. The SMILES string of the molecule is C#CC.C=C/C=C\C.Cc1cc(-c2ccccc2)cc(-n2c3ccccc3c3cc(-c4cccc5c6ccccc6n(-c6ccc(-c7ccccc7)cc6)c45)ccc32)c1. The van der Waals surface area contributed by atoms with Gasteiger partial charge in [-0.15, -0.1) is 12.3 Å². The minimum absolute atomic E-state index is 1.15. The lowest BCUT2D eigenvalue weighted by Gasteiger charge is -2.14. The van der Waals surface area contributed by atoms with Gasteiger partial charge in [0, 0.05) is 38.5 Å². The summed E-state index contributed by atoms with van der Waals surface area (Å²) in [5.74, 6) is 2.25. The molecule has 59 heavy (non-hydrogen) atoms. The molecule has 0 aliphatic rings. The van der Waals surface area contributed by atoms with Gasteiger partial charge in [0.2, 0.25) is 0 Å². The number of aromatic nitrogens is 2. The van der Waals surface area contributed by atoms with Crippen molar-refractivity contribution in [2.45, 2.75) is 20.8 Å². The normalized spacial score (nSPS) is 10.9. The van der Waals surface area contributed by atoms with Gasteiger partial charge in [-0.1, -0.05) is 164 Å². The highest BCUT2D eigenvalue weighted by Gasteiger charge is 2.19. The zero-order valence-electron chi connectivity index (χ0n) is 33.8. The number of hydrogen-bond donors (Lipinski definition) is 0. The van der Waals surface area contributed by atoms with E-state index >= 15 is 0 Å². The molecule has 8 aromatic carbocycles. The molecular weight excluding hydrogens is 713 g/mol. The number of allylic oxidation sites excluding steroid dienone is 3. The molecule has 0 atom stereocenters. The minimum Gasteiger partial charge on any atom is -0.309 e. The summed E-state index contributed by atoms with van der Waals surface area (Å²) >= 11 is 0. The Kier molecular flexibility index (Phi) is 11.2. The topological polar surface area (TPSA) is 9.86 Å². The summed E-state index contributed by atoms with van der Waals surface area (Å²) in [6.07, 6.45) is 10.2. The maximum Gasteiger partial charge on any atom is 0.0619 e. The average molecular weight is 759 g/mol. The van der Waals surface area contributed by atoms with E-state index < -0.39 is 0 Å². The molecule has 284 valence electrons. The monoisotopic (exact) mass is 758 g/mol. The molecule has 0 unspecified atom stereocenters. The van der Waals surface area contributed by atoms with Crippen molar-refractivity contribution in [2.24, 2.45) is 0 Å². The van der Waals surface area contributed by atoms with E-state index in [9.17, 15) is 0 Å². The van der Waals surface area contributed by atoms with Crippen molar-refractivity contribution in [1.82, 2.24) is 9.13 Å². The Balaban J connectivity index is 0.000000558. The van der Waals surface area contributed by atoms with Gasteiger partial charge in [0.1, 0.15) is 0 Å². The summed E-state index contributed by atoms with van der Waals surface area (Å²) < 4.78 is 4.87. The Morgan fingerprint density at radius 2 is 1.00 bits per heavy atom. The summed E-state index contributed by atoms with van der Waals surface area (Å²) in [7, 11) is 0. The van der Waals surface area contributed by atoms with Crippen LogP contribution in [0.2, 0.25) is 0 Å². The molecular formula is C57H46N2. The molecule has 0 saturated carbocycles. The molecule has 0 fully saturated rings. The highest BCUT2D eigenvalue weighted by atomic mass is 15.0. The van der Waals surface area contributed by atoms with Crippen LogP contribution in [0.1, 0.15) is 19.4 Å².